The molecule has 0 radical (unpaired) electrons. The van der Waals surface area contributed by atoms with Gasteiger partial charge in [-0.05, 0) is 24.1 Å². The summed E-state index contributed by atoms with van der Waals surface area (Å²) in [6.45, 7) is 0. The Morgan fingerprint density at radius 2 is 1.54 bits per heavy atom. The Labute approximate surface area is 142 Å². The number of rotatable bonds is 7. The summed E-state index contributed by atoms with van der Waals surface area (Å²) < 4.78 is 34.7. The highest BCUT2D eigenvalue weighted by molar-refractivity contribution is 7.92. The monoisotopic (exact) mass is 348 g/mol. The van der Waals surface area contributed by atoms with Gasteiger partial charge in [-0.15, -0.1) is 0 Å². The Morgan fingerprint density at radius 1 is 1.00 bits per heavy atom. The van der Waals surface area contributed by atoms with Crippen molar-refractivity contribution in [1.29, 1.82) is 0 Å². The van der Waals surface area contributed by atoms with Gasteiger partial charge in [-0.2, -0.15) is 0 Å². The second kappa shape index (κ2) is 7.49. The Kier molecular flexibility index (Phi) is 5.62. The predicted molar refractivity (Wildman–Crippen MR) is 92.7 cm³/mol. The van der Waals surface area contributed by atoms with Gasteiger partial charge < -0.3 is 9.47 Å². The predicted octanol–water partition coefficient (Wildman–Crippen LogP) is 2.54. The molecule has 2 aromatic carbocycles. The first-order chi connectivity index (χ1) is 11.3. The van der Waals surface area contributed by atoms with Gasteiger partial charge in [0, 0.05) is 17.9 Å². The van der Waals surface area contributed by atoms with E-state index < -0.39 is 20.9 Å². The molecule has 2 rings (SSSR count). The fraction of sp³-hybridized carbons (Fsp3) is 0.278. The van der Waals surface area contributed by atoms with E-state index in [2.05, 4.69) is 0 Å². The molecule has 0 spiro atoms. The number of sulfone groups is 1. The topological polar surface area (TPSA) is 69.7 Å². The molecule has 0 heterocycles. The maximum atomic E-state index is 12.7. The van der Waals surface area contributed by atoms with Crippen LogP contribution in [0.4, 0.5) is 0 Å². The summed E-state index contributed by atoms with van der Waals surface area (Å²) in [5.74, 6) is 0.674. The molecule has 0 amide bonds. The maximum Gasteiger partial charge on any atom is 0.181 e. The van der Waals surface area contributed by atoms with Gasteiger partial charge in [-0.25, -0.2) is 8.42 Å². The highest BCUT2D eigenvalue weighted by Gasteiger charge is 2.30. The summed E-state index contributed by atoms with van der Waals surface area (Å²) in [6.07, 6.45) is 1.13. The van der Waals surface area contributed by atoms with Crippen molar-refractivity contribution in [3.8, 4) is 11.5 Å². The van der Waals surface area contributed by atoms with Crippen molar-refractivity contribution in [2.75, 3.05) is 20.5 Å². The lowest BCUT2D eigenvalue weighted by atomic mass is 10.0. The largest absolute Gasteiger partial charge is 0.497 e. The summed E-state index contributed by atoms with van der Waals surface area (Å²) >= 11 is 0. The van der Waals surface area contributed by atoms with E-state index in [1.165, 1.54) is 14.2 Å². The summed E-state index contributed by atoms with van der Waals surface area (Å²) in [5, 5.41) is -1.16. The Morgan fingerprint density at radius 3 is 2.00 bits per heavy atom. The third-order valence-electron chi connectivity index (χ3n) is 3.70. The van der Waals surface area contributed by atoms with Crippen LogP contribution in [-0.2, 0) is 16.3 Å². The van der Waals surface area contributed by atoms with E-state index in [4.69, 9.17) is 9.47 Å². The first-order valence-electron chi connectivity index (χ1n) is 7.35. The normalized spacial score (nSPS) is 12.5. The SMILES string of the molecule is COc1cc(CC(C(=O)c2ccccc2)S(C)(=O)=O)cc(OC)c1. The highest BCUT2D eigenvalue weighted by Crippen LogP contribution is 2.25. The quantitative estimate of drug-likeness (QED) is 0.719. The van der Waals surface area contributed by atoms with Crippen LogP contribution < -0.4 is 9.47 Å². The molecule has 24 heavy (non-hydrogen) atoms. The minimum Gasteiger partial charge on any atom is -0.497 e. The fourth-order valence-corrected chi connectivity index (χ4v) is 3.45. The van der Waals surface area contributed by atoms with Gasteiger partial charge in [-0.3, -0.25) is 4.79 Å². The molecule has 1 unspecified atom stereocenters. The number of ether oxygens (including phenoxy) is 2. The van der Waals surface area contributed by atoms with Gasteiger partial charge in [0.15, 0.2) is 15.6 Å². The Balaban J connectivity index is 2.39. The lowest BCUT2D eigenvalue weighted by molar-refractivity contribution is 0.0986. The van der Waals surface area contributed by atoms with Crippen LogP contribution >= 0.6 is 0 Å². The number of hydrogen-bond donors (Lipinski definition) is 0. The second-order valence-corrected chi connectivity index (χ2v) is 7.70. The minimum atomic E-state index is -3.58. The molecule has 0 aliphatic carbocycles. The molecule has 0 saturated carbocycles. The summed E-state index contributed by atoms with van der Waals surface area (Å²) in [4.78, 5) is 12.7. The molecule has 6 heteroatoms. The van der Waals surface area contributed by atoms with Crippen LogP contribution in [0.2, 0.25) is 0 Å². The second-order valence-electron chi connectivity index (χ2n) is 5.47. The van der Waals surface area contributed by atoms with Crippen LogP contribution in [0.15, 0.2) is 48.5 Å². The van der Waals surface area contributed by atoms with Crippen LogP contribution in [0.5, 0.6) is 11.5 Å². The third kappa shape index (κ3) is 4.35. The van der Waals surface area contributed by atoms with Gasteiger partial charge >= 0.3 is 0 Å². The van der Waals surface area contributed by atoms with Gasteiger partial charge in [0.05, 0.1) is 14.2 Å². The number of Topliss-reactive ketones (excluding diaryl/α,β-unsaturated/α-hetero) is 1. The molecule has 2 aromatic rings. The van der Waals surface area contributed by atoms with Crippen LogP contribution in [0.1, 0.15) is 15.9 Å². The van der Waals surface area contributed by atoms with Crippen molar-refractivity contribution < 1.29 is 22.7 Å². The van der Waals surface area contributed by atoms with Crippen molar-refractivity contribution in [2.24, 2.45) is 0 Å². The first-order valence-corrected chi connectivity index (χ1v) is 9.30. The number of methoxy groups -OCH3 is 2. The average molecular weight is 348 g/mol. The molecule has 5 nitrogen and oxygen atoms in total. The molecule has 0 aliphatic rings. The standard InChI is InChI=1S/C18H20O5S/c1-22-15-9-13(10-16(12-15)23-2)11-17(24(3,20)21)18(19)14-7-5-4-6-8-14/h4-10,12,17H,11H2,1-3H3. The Bertz CT molecular complexity index is 790. The van der Waals surface area contributed by atoms with Crippen LogP contribution in [0.25, 0.3) is 0 Å². The van der Waals surface area contributed by atoms with E-state index in [-0.39, 0.29) is 6.42 Å². The molecule has 0 aliphatic heterocycles. The van der Waals surface area contributed by atoms with E-state index in [0.717, 1.165) is 6.26 Å². The number of carbonyl (C=O) groups excluding carboxylic acids is 1. The van der Waals surface area contributed by atoms with E-state index >= 15 is 0 Å². The van der Waals surface area contributed by atoms with Crippen molar-refractivity contribution in [1.82, 2.24) is 0 Å². The molecular formula is C18H20O5S. The molecule has 0 fully saturated rings. The van der Waals surface area contributed by atoms with Crippen LogP contribution in [0, 0.1) is 0 Å². The molecule has 0 N–H and O–H groups in total. The molecule has 0 saturated heterocycles. The van der Waals surface area contributed by atoms with Crippen molar-refractivity contribution in [3.63, 3.8) is 0 Å². The van der Waals surface area contributed by atoms with Gasteiger partial charge in [-0.1, -0.05) is 30.3 Å². The van der Waals surface area contributed by atoms with E-state index in [1.54, 1.807) is 48.5 Å². The average Bonchev–Trinajstić information content (AvgIpc) is 2.58. The third-order valence-corrected chi connectivity index (χ3v) is 5.11. The molecule has 128 valence electrons. The molecule has 0 bridgehead atoms. The Hall–Kier alpha value is -2.34. The van der Waals surface area contributed by atoms with Crippen LogP contribution in [-0.4, -0.2) is 39.9 Å². The number of carbonyl (C=O) groups is 1. The highest BCUT2D eigenvalue weighted by atomic mass is 32.2. The first kappa shape index (κ1) is 18.0. The zero-order chi connectivity index (χ0) is 17.7. The zero-order valence-corrected chi connectivity index (χ0v) is 14.7. The van der Waals surface area contributed by atoms with Gasteiger partial charge in [0.2, 0.25) is 0 Å². The van der Waals surface area contributed by atoms with Gasteiger partial charge in [0.1, 0.15) is 16.7 Å². The van der Waals surface area contributed by atoms with Gasteiger partial charge in [0.25, 0.3) is 0 Å². The molecular weight excluding hydrogens is 328 g/mol. The zero-order valence-electron chi connectivity index (χ0n) is 13.9. The van der Waals surface area contributed by atoms with Crippen molar-refractivity contribution >= 4 is 15.6 Å². The van der Waals surface area contributed by atoms with E-state index in [9.17, 15) is 13.2 Å². The lowest BCUT2D eigenvalue weighted by Gasteiger charge is -2.15. The number of hydrogen-bond acceptors (Lipinski definition) is 5. The lowest BCUT2D eigenvalue weighted by Crippen LogP contribution is -2.31. The summed E-state index contributed by atoms with van der Waals surface area (Å²) in [7, 11) is -0.550. The maximum absolute atomic E-state index is 12.7. The molecule has 0 aromatic heterocycles. The van der Waals surface area contributed by atoms with E-state index in [0.29, 0.717) is 22.6 Å². The number of benzene rings is 2. The molecule has 1 atom stereocenters. The van der Waals surface area contributed by atoms with Crippen molar-refractivity contribution in [2.45, 2.75) is 11.7 Å². The minimum absolute atomic E-state index is 0.0557. The van der Waals surface area contributed by atoms with Crippen molar-refractivity contribution in [3.05, 3.63) is 59.7 Å². The summed E-state index contributed by atoms with van der Waals surface area (Å²) in [6, 6.07) is 13.5. The summed E-state index contributed by atoms with van der Waals surface area (Å²) in [5.41, 5.74) is 1.04. The fourth-order valence-electron chi connectivity index (χ4n) is 2.43. The smallest absolute Gasteiger partial charge is 0.181 e. The van der Waals surface area contributed by atoms with Crippen LogP contribution in [0.3, 0.4) is 0 Å². The van der Waals surface area contributed by atoms with E-state index in [1.807, 2.05) is 0 Å². The number of ketones is 1.